The van der Waals surface area contributed by atoms with Crippen molar-refractivity contribution in [3.05, 3.63) is 89.2 Å². The van der Waals surface area contributed by atoms with Crippen molar-refractivity contribution in [1.29, 1.82) is 0 Å². The molecule has 0 bridgehead atoms. The highest BCUT2D eigenvalue weighted by Gasteiger charge is 2.61. The van der Waals surface area contributed by atoms with Gasteiger partial charge in [-0.15, -0.1) is 5.10 Å². The molecule has 1 saturated heterocycles. The summed E-state index contributed by atoms with van der Waals surface area (Å²) in [6.07, 6.45) is -9.84. The van der Waals surface area contributed by atoms with E-state index in [4.69, 9.17) is 17.0 Å². The minimum atomic E-state index is -5.91. The molecule has 18 heteroatoms. The Bertz CT molecular complexity index is 2020. The molecule has 0 saturated carbocycles. The van der Waals surface area contributed by atoms with E-state index in [1.165, 1.54) is 18.0 Å². The summed E-state index contributed by atoms with van der Waals surface area (Å²) in [6.45, 7) is 6.06. The van der Waals surface area contributed by atoms with Gasteiger partial charge in [-0.2, -0.15) is 32.0 Å². The van der Waals surface area contributed by atoms with Crippen LogP contribution in [0.15, 0.2) is 76.8 Å². The number of carbonyl (C=O) groups is 2. The molecule has 11 nitrogen and oxygen atoms in total. The number of alkyl halides is 5. The van der Waals surface area contributed by atoms with Crippen LogP contribution in [0.25, 0.3) is 17.1 Å². The number of esters is 1. The van der Waals surface area contributed by atoms with Crippen LogP contribution in [0.4, 0.5) is 27.6 Å². The lowest BCUT2D eigenvalue weighted by atomic mass is 9.99. The van der Waals surface area contributed by atoms with Gasteiger partial charge in [0, 0.05) is 5.56 Å². The fourth-order valence-electron chi connectivity index (χ4n) is 4.71. The minimum Gasteiger partial charge on any atom is -0.463 e. The molecule has 1 aliphatic heterocycles. The third-order valence-electron chi connectivity index (χ3n) is 7.19. The molecule has 51 heavy (non-hydrogen) atoms. The van der Waals surface area contributed by atoms with Crippen molar-refractivity contribution < 1.29 is 41.0 Å². The summed E-state index contributed by atoms with van der Waals surface area (Å²) in [5.74, 6) is -1.54. The van der Waals surface area contributed by atoms with E-state index < -0.39 is 24.0 Å². The van der Waals surface area contributed by atoms with Crippen LogP contribution < -0.4 is 15.1 Å². The van der Waals surface area contributed by atoms with Crippen LogP contribution in [0.2, 0.25) is 0 Å². The Morgan fingerprint density at radius 2 is 1.75 bits per heavy atom. The van der Waals surface area contributed by atoms with Crippen molar-refractivity contribution in [2.24, 2.45) is 10.1 Å². The molecule has 4 aromatic rings. The average molecular weight is 746 g/mol. The van der Waals surface area contributed by atoms with E-state index in [1.807, 2.05) is 25.1 Å². The van der Waals surface area contributed by atoms with Gasteiger partial charge in [-0.05, 0) is 72.1 Å². The van der Waals surface area contributed by atoms with Crippen LogP contribution in [0, 0.1) is 6.92 Å². The Morgan fingerprint density at radius 3 is 2.37 bits per heavy atom. The molecule has 5 rings (SSSR count). The van der Waals surface area contributed by atoms with Gasteiger partial charge in [0.05, 0.1) is 30.5 Å². The highest BCUT2D eigenvalue weighted by molar-refractivity contribution is 8.15. The lowest BCUT2D eigenvalue weighted by Crippen LogP contribution is -2.41. The molecule has 1 N–H and O–H groups in total. The fourth-order valence-corrected chi connectivity index (χ4v) is 5.77. The molecule has 3 aromatic carbocycles. The SMILES string of the molecule is COC(=O)c1nc(-c2ccc(/C=N/NC(=S)/N=C3\SCC(=O)N3c3cc(C)ccc3C(C)C)cc2)nn1-c1ccc(OC(F)(F)C(F)(F)F)cc1. The summed E-state index contributed by atoms with van der Waals surface area (Å²) < 4.78 is 73.8. The first-order valence-corrected chi connectivity index (χ1v) is 16.3. The van der Waals surface area contributed by atoms with Gasteiger partial charge in [0.2, 0.25) is 16.8 Å². The number of thiocarbonyl (C=S) groups is 1. The van der Waals surface area contributed by atoms with Gasteiger partial charge in [0.1, 0.15) is 5.75 Å². The normalized spacial score (nSPS) is 14.5. The Labute approximate surface area is 297 Å². The maximum absolute atomic E-state index is 13.3. The number of aryl methyl sites for hydroxylation is 1. The van der Waals surface area contributed by atoms with E-state index in [2.05, 4.69) is 44.2 Å². The zero-order valence-electron chi connectivity index (χ0n) is 27.2. The number of aromatic nitrogens is 3. The van der Waals surface area contributed by atoms with Gasteiger partial charge in [0.25, 0.3) is 0 Å². The number of nitrogens with zero attached hydrogens (tertiary/aromatic N) is 6. The third-order valence-corrected chi connectivity index (χ3v) is 8.29. The number of nitrogens with one attached hydrogen (secondary N) is 1. The third kappa shape index (κ3) is 8.39. The van der Waals surface area contributed by atoms with E-state index in [9.17, 15) is 31.5 Å². The molecular formula is C33H28F5N7O4S2. The summed E-state index contributed by atoms with van der Waals surface area (Å²) in [6, 6.07) is 16.6. The van der Waals surface area contributed by atoms with Gasteiger partial charge in [0.15, 0.2) is 11.0 Å². The van der Waals surface area contributed by atoms with Crippen LogP contribution in [0.5, 0.6) is 5.75 Å². The summed E-state index contributed by atoms with van der Waals surface area (Å²) in [7, 11) is 1.12. The van der Waals surface area contributed by atoms with Crippen molar-refractivity contribution in [3.63, 3.8) is 0 Å². The van der Waals surface area contributed by atoms with E-state index in [0.717, 1.165) is 52.9 Å². The molecule has 0 spiro atoms. The van der Waals surface area contributed by atoms with Crippen molar-refractivity contribution >= 4 is 58.0 Å². The van der Waals surface area contributed by atoms with E-state index in [-0.39, 0.29) is 40.0 Å². The number of aliphatic imine (C=N–C) groups is 1. The molecule has 0 aliphatic carbocycles. The monoisotopic (exact) mass is 745 g/mol. The number of thioether (sulfide) groups is 1. The predicted molar refractivity (Wildman–Crippen MR) is 186 cm³/mol. The number of amides is 1. The zero-order chi connectivity index (χ0) is 37.1. The van der Waals surface area contributed by atoms with Crippen LogP contribution in [0.3, 0.4) is 0 Å². The number of carbonyl (C=O) groups excluding carboxylic acids is 2. The van der Waals surface area contributed by atoms with Gasteiger partial charge < -0.3 is 9.47 Å². The second kappa shape index (κ2) is 14.9. The van der Waals surface area contributed by atoms with Gasteiger partial charge in [-0.1, -0.05) is 62.0 Å². The van der Waals surface area contributed by atoms with E-state index in [1.54, 1.807) is 29.2 Å². The average Bonchev–Trinajstić information content (AvgIpc) is 3.68. The molecule has 1 aliphatic rings. The van der Waals surface area contributed by atoms with Crippen LogP contribution in [-0.2, 0) is 9.53 Å². The number of halogens is 5. The van der Waals surface area contributed by atoms with Crippen molar-refractivity contribution in [1.82, 2.24) is 20.2 Å². The number of anilines is 1. The number of benzene rings is 3. The summed E-state index contributed by atoms with van der Waals surface area (Å²) in [5, 5.41) is 8.94. The fraction of sp³-hybridized carbons (Fsp3) is 0.242. The van der Waals surface area contributed by atoms with Gasteiger partial charge >= 0.3 is 18.3 Å². The predicted octanol–water partition coefficient (Wildman–Crippen LogP) is 7.03. The van der Waals surface area contributed by atoms with Crippen LogP contribution in [0.1, 0.15) is 47.1 Å². The highest BCUT2D eigenvalue weighted by atomic mass is 32.2. The summed E-state index contributed by atoms with van der Waals surface area (Å²) in [4.78, 5) is 35.5. The summed E-state index contributed by atoms with van der Waals surface area (Å²) in [5.41, 5.74) is 6.68. The number of rotatable bonds is 9. The van der Waals surface area contributed by atoms with Crippen LogP contribution in [-0.4, -0.2) is 68.3 Å². The molecule has 1 amide bonds. The largest absolute Gasteiger partial charge is 0.499 e. The van der Waals surface area contributed by atoms with Gasteiger partial charge in [-0.3, -0.25) is 15.1 Å². The van der Waals surface area contributed by atoms with Gasteiger partial charge in [-0.25, -0.2) is 14.5 Å². The summed E-state index contributed by atoms with van der Waals surface area (Å²) >= 11 is 6.65. The lowest BCUT2D eigenvalue weighted by Gasteiger charge is -2.22. The van der Waals surface area contributed by atoms with E-state index in [0.29, 0.717) is 16.3 Å². The topological polar surface area (TPSA) is 123 Å². The number of hydrazone groups is 1. The van der Waals surface area contributed by atoms with Crippen molar-refractivity contribution in [3.8, 4) is 22.8 Å². The minimum absolute atomic E-state index is 0.0440. The second-order valence-corrected chi connectivity index (χ2v) is 12.5. The standard InChI is InChI=1S/C33H28F5N7O4S2/c1-18(2)24-14-5-19(3)15-25(24)44-26(46)17-51-31(44)41-30(50)42-39-16-20-6-8-21(9-7-20)27-40-28(29(47)48-4)45(43-27)22-10-12-23(13-11-22)49-33(37,38)32(34,35)36/h5-16,18H,17H2,1-4H3,(H,42,50)/b39-16+,41-31-. The Morgan fingerprint density at radius 1 is 1.06 bits per heavy atom. The molecule has 1 aromatic heterocycles. The molecule has 266 valence electrons. The molecule has 0 atom stereocenters. The van der Waals surface area contributed by atoms with E-state index >= 15 is 0 Å². The Balaban J connectivity index is 1.29. The molecule has 2 heterocycles. The zero-order valence-corrected chi connectivity index (χ0v) is 28.9. The number of amidine groups is 1. The first-order valence-electron chi connectivity index (χ1n) is 15.0. The Hall–Kier alpha value is -5.23. The first kappa shape index (κ1) is 37.0. The molecule has 1 fully saturated rings. The highest BCUT2D eigenvalue weighted by Crippen LogP contribution is 2.38. The number of ether oxygens (including phenoxy) is 2. The maximum Gasteiger partial charge on any atom is 0.499 e. The molecule has 0 unspecified atom stereocenters. The first-order chi connectivity index (χ1) is 24.1. The quantitative estimate of drug-likeness (QED) is 0.0633. The van der Waals surface area contributed by atoms with Crippen LogP contribution >= 0.6 is 24.0 Å². The maximum atomic E-state index is 13.3. The number of hydrogen-bond acceptors (Lipinski definition) is 9. The molecular weight excluding hydrogens is 718 g/mol. The number of methoxy groups -OCH3 is 1. The van der Waals surface area contributed by atoms with Crippen molar-refractivity contribution in [2.75, 3.05) is 17.8 Å². The number of hydrogen-bond donors (Lipinski definition) is 1. The lowest BCUT2D eigenvalue weighted by molar-refractivity contribution is -0.360. The smallest absolute Gasteiger partial charge is 0.463 e. The molecule has 0 radical (unpaired) electrons. The second-order valence-electron chi connectivity index (χ2n) is 11.2. The Kier molecular flexibility index (Phi) is 10.8. The van der Waals surface area contributed by atoms with Crippen molar-refractivity contribution in [2.45, 2.75) is 39.0 Å².